The van der Waals surface area contributed by atoms with E-state index in [4.69, 9.17) is 0 Å². The second kappa shape index (κ2) is 8.00. The van der Waals surface area contributed by atoms with Crippen molar-refractivity contribution >= 4 is 17.2 Å². The molecule has 0 unspecified atom stereocenters. The zero-order chi connectivity index (χ0) is 18.6. The van der Waals surface area contributed by atoms with Crippen LogP contribution in [-0.4, -0.2) is 43.4 Å². The van der Waals surface area contributed by atoms with Crippen LogP contribution in [0.15, 0.2) is 42.3 Å². The maximum absolute atomic E-state index is 12.7. The molecule has 4 rings (SSSR count). The Hall–Kier alpha value is -2.54. The number of hydrogen-bond donors (Lipinski definition) is 0. The predicted molar refractivity (Wildman–Crippen MR) is 105 cm³/mol. The highest BCUT2D eigenvalue weighted by Gasteiger charge is 2.27. The number of nitrogens with zero attached hydrogens (tertiary/aromatic N) is 5. The molecule has 7 heteroatoms. The lowest BCUT2D eigenvalue weighted by Gasteiger charge is -2.32. The summed E-state index contributed by atoms with van der Waals surface area (Å²) in [6, 6.07) is 4.05. The van der Waals surface area contributed by atoms with Crippen LogP contribution in [0, 0.1) is 6.92 Å². The van der Waals surface area contributed by atoms with Crippen molar-refractivity contribution in [2.45, 2.75) is 38.6 Å². The zero-order valence-corrected chi connectivity index (χ0v) is 16.2. The molecule has 0 N–H and O–H groups in total. The molecule has 0 bridgehead atoms. The number of pyridine rings is 1. The molecule has 0 saturated carbocycles. The summed E-state index contributed by atoms with van der Waals surface area (Å²) in [7, 11) is 0. The van der Waals surface area contributed by atoms with Crippen molar-refractivity contribution in [3.8, 4) is 0 Å². The van der Waals surface area contributed by atoms with Crippen LogP contribution >= 0.6 is 11.3 Å². The highest BCUT2D eigenvalue weighted by Crippen LogP contribution is 2.27. The van der Waals surface area contributed by atoms with Crippen molar-refractivity contribution in [1.29, 1.82) is 0 Å². The van der Waals surface area contributed by atoms with Gasteiger partial charge in [-0.25, -0.2) is 9.97 Å². The lowest BCUT2D eigenvalue weighted by molar-refractivity contribution is -0.131. The number of aryl methyl sites for hydroxylation is 1. The van der Waals surface area contributed by atoms with Gasteiger partial charge in [0.25, 0.3) is 0 Å². The van der Waals surface area contributed by atoms with E-state index in [2.05, 4.69) is 19.5 Å². The van der Waals surface area contributed by atoms with Crippen molar-refractivity contribution in [1.82, 2.24) is 24.4 Å². The Morgan fingerprint density at radius 1 is 1.30 bits per heavy atom. The first-order valence-corrected chi connectivity index (χ1v) is 10.2. The maximum Gasteiger partial charge on any atom is 0.228 e. The molecular weight excluding hydrogens is 358 g/mol. The SMILES string of the molecule is Cc1nc(CC(=O)N2CCC[C@H](c3nccn3Cc3ccncc3)C2)cs1. The van der Waals surface area contributed by atoms with Crippen LogP contribution in [-0.2, 0) is 17.8 Å². The molecule has 0 aromatic carbocycles. The van der Waals surface area contributed by atoms with E-state index in [1.54, 1.807) is 11.3 Å². The van der Waals surface area contributed by atoms with E-state index in [1.165, 1.54) is 5.56 Å². The van der Waals surface area contributed by atoms with Gasteiger partial charge in [0, 0.05) is 55.7 Å². The molecular formula is C20H23N5OS. The molecule has 0 radical (unpaired) electrons. The zero-order valence-electron chi connectivity index (χ0n) is 15.4. The summed E-state index contributed by atoms with van der Waals surface area (Å²) in [6.45, 7) is 4.30. The Morgan fingerprint density at radius 3 is 2.93 bits per heavy atom. The van der Waals surface area contributed by atoms with Gasteiger partial charge in [-0.15, -0.1) is 11.3 Å². The van der Waals surface area contributed by atoms with E-state index in [1.807, 2.05) is 54.1 Å². The van der Waals surface area contributed by atoms with Crippen LogP contribution in [0.25, 0.3) is 0 Å². The fourth-order valence-electron chi connectivity index (χ4n) is 3.67. The third-order valence-corrected chi connectivity index (χ3v) is 5.81. The van der Waals surface area contributed by atoms with E-state index < -0.39 is 0 Å². The first kappa shape index (κ1) is 17.9. The summed E-state index contributed by atoms with van der Waals surface area (Å²) in [5, 5.41) is 2.99. The minimum absolute atomic E-state index is 0.164. The van der Waals surface area contributed by atoms with Crippen LogP contribution in [0.2, 0.25) is 0 Å². The molecule has 6 nitrogen and oxygen atoms in total. The fraction of sp³-hybridized carbons (Fsp3) is 0.400. The van der Waals surface area contributed by atoms with Gasteiger partial charge in [-0.05, 0) is 37.5 Å². The summed E-state index contributed by atoms with van der Waals surface area (Å²) < 4.78 is 2.19. The maximum atomic E-state index is 12.7. The topological polar surface area (TPSA) is 63.9 Å². The van der Waals surface area contributed by atoms with Crippen LogP contribution in [0.4, 0.5) is 0 Å². The Bertz CT molecular complexity index is 904. The number of aromatic nitrogens is 4. The van der Waals surface area contributed by atoms with Crippen molar-refractivity contribution in [2.75, 3.05) is 13.1 Å². The second-order valence-corrected chi connectivity index (χ2v) is 8.04. The Labute approximate surface area is 162 Å². The Kier molecular flexibility index (Phi) is 5.29. The van der Waals surface area contributed by atoms with Crippen molar-refractivity contribution in [3.63, 3.8) is 0 Å². The fourth-order valence-corrected chi connectivity index (χ4v) is 4.28. The number of imidazole rings is 1. The number of carbonyl (C=O) groups excluding carboxylic acids is 1. The van der Waals surface area contributed by atoms with E-state index in [0.29, 0.717) is 6.42 Å². The molecule has 3 aromatic heterocycles. The Balaban J connectivity index is 1.44. The largest absolute Gasteiger partial charge is 0.342 e. The number of rotatable bonds is 5. The summed E-state index contributed by atoms with van der Waals surface area (Å²) in [5.41, 5.74) is 2.08. The molecule has 27 heavy (non-hydrogen) atoms. The number of hydrogen-bond acceptors (Lipinski definition) is 5. The average molecular weight is 382 g/mol. The quantitative estimate of drug-likeness (QED) is 0.681. The van der Waals surface area contributed by atoms with Crippen LogP contribution < -0.4 is 0 Å². The first-order chi connectivity index (χ1) is 13.2. The number of likely N-dealkylation sites (tertiary alicyclic amines) is 1. The highest BCUT2D eigenvalue weighted by molar-refractivity contribution is 7.09. The molecule has 140 valence electrons. The molecule has 0 aliphatic carbocycles. The van der Waals surface area contributed by atoms with Gasteiger partial charge in [0.1, 0.15) is 5.82 Å². The highest BCUT2D eigenvalue weighted by atomic mass is 32.1. The first-order valence-electron chi connectivity index (χ1n) is 9.28. The summed E-state index contributed by atoms with van der Waals surface area (Å²) in [6.07, 6.45) is 9.97. The summed E-state index contributed by atoms with van der Waals surface area (Å²) in [4.78, 5) is 27.8. The number of amides is 1. The van der Waals surface area contributed by atoms with Gasteiger partial charge in [0.15, 0.2) is 0 Å². The third-order valence-electron chi connectivity index (χ3n) is 4.99. The monoisotopic (exact) mass is 381 g/mol. The molecule has 1 saturated heterocycles. The van der Waals surface area contributed by atoms with Gasteiger partial charge in [0.2, 0.25) is 5.91 Å². The van der Waals surface area contributed by atoms with Gasteiger partial charge in [-0.2, -0.15) is 0 Å². The second-order valence-electron chi connectivity index (χ2n) is 6.98. The lowest BCUT2D eigenvalue weighted by Crippen LogP contribution is -2.40. The van der Waals surface area contributed by atoms with Gasteiger partial charge in [-0.1, -0.05) is 0 Å². The Morgan fingerprint density at radius 2 is 2.15 bits per heavy atom. The normalized spacial score (nSPS) is 17.2. The van der Waals surface area contributed by atoms with E-state index in [0.717, 1.165) is 49.0 Å². The van der Waals surface area contributed by atoms with Crippen LogP contribution in [0.3, 0.4) is 0 Å². The molecule has 3 aromatic rings. The lowest BCUT2D eigenvalue weighted by atomic mass is 9.96. The summed E-state index contributed by atoms with van der Waals surface area (Å²) in [5.74, 6) is 1.50. The van der Waals surface area contributed by atoms with Gasteiger partial charge in [0.05, 0.1) is 17.1 Å². The van der Waals surface area contributed by atoms with Crippen molar-refractivity contribution in [2.24, 2.45) is 0 Å². The number of carbonyl (C=O) groups is 1. The van der Waals surface area contributed by atoms with E-state index in [9.17, 15) is 4.79 Å². The molecule has 1 atom stereocenters. The minimum atomic E-state index is 0.164. The van der Waals surface area contributed by atoms with Crippen LogP contribution in [0.5, 0.6) is 0 Å². The van der Waals surface area contributed by atoms with E-state index >= 15 is 0 Å². The standard InChI is InChI=1S/C20H23N5OS/c1-15-23-18(14-27-15)11-19(26)24-9-2-3-17(13-24)20-22-8-10-25(20)12-16-4-6-21-7-5-16/h4-8,10,14,17H,2-3,9,11-13H2,1H3/t17-/m0/s1. The third kappa shape index (κ3) is 4.24. The average Bonchev–Trinajstić information content (AvgIpc) is 3.31. The predicted octanol–water partition coefficient (Wildman–Crippen LogP) is 3.04. The molecule has 1 aliphatic heterocycles. The molecule has 1 aliphatic rings. The number of thiazole rings is 1. The van der Waals surface area contributed by atoms with Crippen LogP contribution in [0.1, 0.15) is 40.8 Å². The smallest absolute Gasteiger partial charge is 0.228 e. The van der Waals surface area contributed by atoms with Gasteiger partial charge < -0.3 is 9.47 Å². The van der Waals surface area contributed by atoms with Crippen molar-refractivity contribution < 1.29 is 4.79 Å². The summed E-state index contributed by atoms with van der Waals surface area (Å²) >= 11 is 1.59. The molecule has 4 heterocycles. The molecule has 1 fully saturated rings. The van der Waals surface area contributed by atoms with Crippen molar-refractivity contribution in [3.05, 3.63) is 64.4 Å². The van der Waals surface area contributed by atoms with E-state index in [-0.39, 0.29) is 11.8 Å². The molecule has 0 spiro atoms. The minimum Gasteiger partial charge on any atom is -0.342 e. The van der Waals surface area contributed by atoms with Gasteiger partial charge in [-0.3, -0.25) is 9.78 Å². The number of piperidine rings is 1. The van der Waals surface area contributed by atoms with Gasteiger partial charge >= 0.3 is 0 Å². The molecule has 1 amide bonds.